The summed E-state index contributed by atoms with van der Waals surface area (Å²) in [7, 11) is 0. The molecule has 5 heteroatoms. The molecule has 0 unspecified atom stereocenters. The number of nitrogens with one attached hydrogen (secondary N) is 1. The molecule has 1 aromatic carbocycles. The van der Waals surface area contributed by atoms with Crippen LogP contribution in [0.15, 0.2) is 24.3 Å². The number of phenolic OH excluding ortho intramolecular Hbond substituents is 1. The zero-order valence-electron chi connectivity index (χ0n) is 13.4. The lowest BCUT2D eigenvalue weighted by Gasteiger charge is -2.32. The number of ether oxygens (including phenoxy) is 1. The summed E-state index contributed by atoms with van der Waals surface area (Å²) in [6.45, 7) is 6.59. The predicted octanol–water partition coefficient (Wildman–Crippen LogP) is 2.07. The van der Waals surface area contributed by atoms with Crippen molar-refractivity contribution in [2.75, 3.05) is 26.3 Å². The second-order valence-corrected chi connectivity index (χ2v) is 5.58. The predicted molar refractivity (Wildman–Crippen MR) is 85.8 cm³/mol. The highest BCUT2D eigenvalue weighted by Gasteiger charge is 2.27. The molecule has 0 aromatic heterocycles. The molecule has 0 spiro atoms. The van der Waals surface area contributed by atoms with E-state index in [9.17, 15) is 9.90 Å². The van der Waals surface area contributed by atoms with E-state index < -0.39 is 0 Å². The number of hydrogen-bond donors (Lipinski definition) is 2. The molecule has 0 saturated carbocycles. The number of para-hydroxylation sites is 1. The Balaban J connectivity index is 2.07. The van der Waals surface area contributed by atoms with E-state index in [1.807, 2.05) is 30.0 Å². The van der Waals surface area contributed by atoms with Gasteiger partial charge in [0, 0.05) is 24.7 Å². The first-order valence-corrected chi connectivity index (χ1v) is 8.07. The van der Waals surface area contributed by atoms with Crippen LogP contribution in [-0.4, -0.2) is 48.3 Å². The molecule has 0 bridgehead atoms. The summed E-state index contributed by atoms with van der Waals surface area (Å²) in [4.78, 5) is 14.5. The molecule has 1 saturated heterocycles. The van der Waals surface area contributed by atoms with Crippen LogP contribution in [0.2, 0.25) is 0 Å². The first kappa shape index (κ1) is 16.8. The number of morpholine rings is 1. The van der Waals surface area contributed by atoms with Gasteiger partial charge >= 0.3 is 0 Å². The summed E-state index contributed by atoms with van der Waals surface area (Å²) in [5.41, 5.74) is 0.846. The maximum absolute atomic E-state index is 12.6. The SMILES string of the molecule is CC[C@H](N[C@@H](CC)c1ccccc1O)C(=O)N1CCOCC1. The molecule has 2 rings (SSSR count). The van der Waals surface area contributed by atoms with Crippen molar-refractivity contribution in [1.82, 2.24) is 10.2 Å². The lowest BCUT2D eigenvalue weighted by atomic mass is 10.0. The lowest BCUT2D eigenvalue weighted by molar-refractivity contribution is -0.137. The van der Waals surface area contributed by atoms with Crippen molar-refractivity contribution in [2.45, 2.75) is 38.8 Å². The average Bonchev–Trinajstić information content (AvgIpc) is 2.57. The molecule has 5 nitrogen and oxygen atoms in total. The van der Waals surface area contributed by atoms with E-state index in [2.05, 4.69) is 12.2 Å². The van der Waals surface area contributed by atoms with Crippen LogP contribution in [0, 0.1) is 0 Å². The third kappa shape index (κ3) is 3.99. The van der Waals surface area contributed by atoms with Crippen LogP contribution in [0.3, 0.4) is 0 Å². The molecule has 2 N–H and O–H groups in total. The maximum atomic E-state index is 12.6. The van der Waals surface area contributed by atoms with Gasteiger partial charge < -0.3 is 14.7 Å². The highest BCUT2D eigenvalue weighted by Crippen LogP contribution is 2.26. The van der Waals surface area contributed by atoms with Crippen LogP contribution < -0.4 is 5.32 Å². The van der Waals surface area contributed by atoms with Crippen LogP contribution in [-0.2, 0) is 9.53 Å². The smallest absolute Gasteiger partial charge is 0.239 e. The molecule has 1 aliphatic heterocycles. The molecule has 1 aliphatic rings. The summed E-state index contributed by atoms with van der Waals surface area (Å²) in [5, 5.41) is 13.4. The van der Waals surface area contributed by atoms with Gasteiger partial charge in [-0.05, 0) is 18.9 Å². The monoisotopic (exact) mass is 306 g/mol. The van der Waals surface area contributed by atoms with Gasteiger partial charge in [0.05, 0.1) is 19.3 Å². The molecular formula is C17H26N2O3. The lowest BCUT2D eigenvalue weighted by Crippen LogP contribution is -2.50. The number of carbonyl (C=O) groups excluding carboxylic acids is 1. The van der Waals surface area contributed by atoms with Crippen LogP contribution in [0.25, 0.3) is 0 Å². The number of phenols is 1. The molecule has 1 aromatic rings. The van der Waals surface area contributed by atoms with E-state index in [4.69, 9.17) is 4.74 Å². The van der Waals surface area contributed by atoms with Crippen molar-refractivity contribution >= 4 is 5.91 Å². The zero-order valence-corrected chi connectivity index (χ0v) is 13.4. The van der Waals surface area contributed by atoms with Crippen LogP contribution in [0.5, 0.6) is 5.75 Å². The van der Waals surface area contributed by atoms with Gasteiger partial charge in [0.2, 0.25) is 5.91 Å². The van der Waals surface area contributed by atoms with Gasteiger partial charge in [0.25, 0.3) is 0 Å². The van der Waals surface area contributed by atoms with Gasteiger partial charge in [-0.3, -0.25) is 10.1 Å². The van der Waals surface area contributed by atoms with Gasteiger partial charge in [-0.15, -0.1) is 0 Å². The summed E-state index contributed by atoms with van der Waals surface area (Å²) in [6.07, 6.45) is 1.53. The van der Waals surface area contributed by atoms with E-state index >= 15 is 0 Å². The number of aromatic hydroxyl groups is 1. The summed E-state index contributed by atoms with van der Waals surface area (Å²) in [5.74, 6) is 0.398. The standard InChI is InChI=1S/C17H26N2O3/c1-3-14(13-7-5-6-8-16(13)20)18-15(4-2)17(21)19-9-11-22-12-10-19/h5-8,14-15,18,20H,3-4,9-12H2,1-2H3/t14-,15-/m0/s1. The molecule has 122 valence electrons. The van der Waals surface area contributed by atoms with E-state index in [1.165, 1.54) is 0 Å². The van der Waals surface area contributed by atoms with Crippen molar-refractivity contribution < 1.29 is 14.6 Å². The number of rotatable bonds is 6. The number of benzene rings is 1. The molecule has 0 aliphatic carbocycles. The van der Waals surface area contributed by atoms with Crippen LogP contribution in [0.1, 0.15) is 38.3 Å². The average molecular weight is 306 g/mol. The Morgan fingerprint density at radius 3 is 2.55 bits per heavy atom. The van der Waals surface area contributed by atoms with E-state index in [0.717, 1.165) is 18.4 Å². The van der Waals surface area contributed by atoms with Gasteiger partial charge in [0.15, 0.2) is 0 Å². The first-order valence-electron chi connectivity index (χ1n) is 8.07. The molecule has 2 atom stereocenters. The fraction of sp³-hybridized carbons (Fsp3) is 0.588. The topological polar surface area (TPSA) is 61.8 Å². The Morgan fingerprint density at radius 1 is 1.27 bits per heavy atom. The fourth-order valence-electron chi connectivity index (χ4n) is 2.82. The molecule has 1 fully saturated rings. The summed E-state index contributed by atoms with van der Waals surface area (Å²) in [6, 6.07) is 7.04. The normalized spacial score (nSPS) is 18.0. The summed E-state index contributed by atoms with van der Waals surface area (Å²) < 4.78 is 5.30. The third-order valence-electron chi connectivity index (χ3n) is 4.15. The highest BCUT2D eigenvalue weighted by atomic mass is 16.5. The first-order chi connectivity index (χ1) is 10.7. The number of carbonyl (C=O) groups is 1. The molecule has 1 amide bonds. The van der Waals surface area contributed by atoms with Gasteiger partial charge in [-0.25, -0.2) is 0 Å². The number of hydrogen-bond acceptors (Lipinski definition) is 4. The molecule has 0 radical (unpaired) electrons. The minimum atomic E-state index is -0.234. The zero-order chi connectivity index (χ0) is 15.9. The van der Waals surface area contributed by atoms with Crippen molar-refractivity contribution in [3.63, 3.8) is 0 Å². The second-order valence-electron chi connectivity index (χ2n) is 5.58. The molecule has 22 heavy (non-hydrogen) atoms. The van der Waals surface area contributed by atoms with Gasteiger partial charge in [-0.1, -0.05) is 32.0 Å². The highest BCUT2D eigenvalue weighted by molar-refractivity contribution is 5.82. The van der Waals surface area contributed by atoms with Crippen LogP contribution >= 0.6 is 0 Å². The number of amides is 1. The third-order valence-corrected chi connectivity index (χ3v) is 4.15. The van der Waals surface area contributed by atoms with Gasteiger partial charge in [-0.2, -0.15) is 0 Å². The molecular weight excluding hydrogens is 280 g/mol. The van der Waals surface area contributed by atoms with Crippen molar-refractivity contribution in [3.8, 4) is 5.75 Å². The Bertz CT molecular complexity index is 487. The van der Waals surface area contributed by atoms with E-state index in [-0.39, 0.29) is 23.7 Å². The van der Waals surface area contributed by atoms with Gasteiger partial charge in [0.1, 0.15) is 5.75 Å². The van der Waals surface area contributed by atoms with E-state index in [1.54, 1.807) is 6.07 Å². The Morgan fingerprint density at radius 2 is 1.95 bits per heavy atom. The van der Waals surface area contributed by atoms with Crippen LogP contribution in [0.4, 0.5) is 0 Å². The maximum Gasteiger partial charge on any atom is 0.239 e. The summed E-state index contributed by atoms with van der Waals surface area (Å²) >= 11 is 0. The fourth-order valence-corrected chi connectivity index (χ4v) is 2.82. The minimum absolute atomic E-state index is 0.0314. The van der Waals surface area contributed by atoms with Crippen molar-refractivity contribution in [1.29, 1.82) is 0 Å². The Kier molecular flexibility index (Phi) is 6.21. The second kappa shape index (κ2) is 8.15. The Hall–Kier alpha value is -1.59. The largest absolute Gasteiger partial charge is 0.508 e. The Labute approximate surface area is 132 Å². The quantitative estimate of drug-likeness (QED) is 0.844. The minimum Gasteiger partial charge on any atom is -0.508 e. The molecule has 1 heterocycles. The number of nitrogens with zero attached hydrogens (tertiary/aromatic N) is 1. The van der Waals surface area contributed by atoms with E-state index in [0.29, 0.717) is 26.3 Å². The van der Waals surface area contributed by atoms with Crippen molar-refractivity contribution in [3.05, 3.63) is 29.8 Å². The van der Waals surface area contributed by atoms with Crippen molar-refractivity contribution in [2.24, 2.45) is 0 Å².